The fraction of sp³-hybridized carbons (Fsp3) is 1.00. The van der Waals surface area contributed by atoms with Gasteiger partial charge >= 0.3 is 0 Å². The first-order chi connectivity index (χ1) is 4.74. The zero-order valence-corrected chi connectivity index (χ0v) is 6.87. The molecule has 0 rings (SSSR count). The van der Waals surface area contributed by atoms with E-state index >= 15 is 0 Å². The van der Waals surface area contributed by atoms with Gasteiger partial charge in [-0.1, -0.05) is 0 Å². The predicted octanol–water partition coefficient (Wildman–Crippen LogP) is 0.493. The van der Waals surface area contributed by atoms with E-state index in [-0.39, 0.29) is 13.2 Å². The van der Waals surface area contributed by atoms with Gasteiger partial charge < -0.3 is 10.2 Å². The highest BCUT2D eigenvalue weighted by Gasteiger charge is 1.54. The van der Waals surface area contributed by atoms with Crippen molar-refractivity contribution in [2.45, 2.75) is 20.8 Å². The minimum Gasteiger partial charge on any atom is -0.397 e. The Morgan fingerprint density at radius 2 is 1.10 bits per heavy atom. The molecule has 4 heteroatoms. The van der Waals surface area contributed by atoms with Crippen LogP contribution in [0.3, 0.4) is 0 Å². The largest absolute Gasteiger partial charge is 0.397 e. The van der Waals surface area contributed by atoms with Gasteiger partial charge in [0.05, 0.1) is 6.61 Å². The zero-order chi connectivity index (χ0) is 8.83. The van der Waals surface area contributed by atoms with Gasteiger partial charge in [0.2, 0.25) is 0 Å². The van der Waals surface area contributed by atoms with Gasteiger partial charge in [0.15, 0.2) is 0 Å². The Labute approximate surface area is 62.0 Å². The van der Waals surface area contributed by atoms with E-state index in [2.05, 4.69) is 4.89 Å². The maximum Gasteiger partial charge on any atom is 0.0791 e. The normalized spacial score (nSPS) is 6.60. The van der Waals surface area contributed by atoms with Gasteiger partial charge in [-0.25, -0.2) is 4.89 Å². The summed E-state index contributed by atoms with van der Waals surface area (Å²) in [5.41, 5.74) is 0. The fourth-order valence-electron chi connectivity index (χ4n) is 0. The highest BCUT2D eigenvalue weighted by Crippen LogP contribution is 1.51. The molecule has 0 amide bonds. The van der Waals surface area contributed by atoms with E-state index in [4.69, 9.17) is 15.5 Å². The second-order valence-corrected chi connectivity index (χ2v) is 1.05. The van der Waals surface area contributed by atoms with Gasteiger partial charge in [0.1, 0.15) is 0 Å². The SMILES string of the molecule is CCO.CCO.CCOO. The lowest BCUT2D eigenvalue weighted by Gasteiger charge is -1.73. The highest BCUT2D eigenvalue weighted by molar-refractivity contribution is 3.88. The number of hydrogen-bond donors (Lipinski definition) is 3. The van der Waals surface area contributed by atoms with Gasteiger partial charge in [-0.3, -0.25) is 5.26 Å². The molecule has 0 aromatic carbocycles. The summed E-state index contributed by atoms with van der Waals surface area (Å²) in [6.45, 7) is 5.94. The van der Waals surface area contributed by atoms with Crippen LogP contribution in [-0.2, 0) is 4.89 Å². The van der Waals surface area contributed by atoms with Crippen molar-refractivity contribution in [3.63, 3.8) is 0 Å². The Morgan fingerprint density at radius 1 is 1.00 bits per heavy atom. The molecule has 0 unspecified atom stereocenters. The molecule has 0 bridgehead atoms. The molecule has 10 heavy (non-hydrogen) atoms. The van der Waals surface area contributed by atoms with Gasteiger partial charge in [-0.05, 0) is 20.8 Å². The van der Waals surface area contributed by atoms with Crippen LogP contribution in [-0.4, -0.2) is 35.3 Å². The monoisotopic (exact) mass is 154 g/mol. The molecule has 0 aliphatic rings. The third-order valence-electron chi connectivity index (χ3n) is 0.129. The van der Waals surface area contributed by atoms with Crippen LogP contribution in [0.1, 0.15) is 20.8 Å². The molecular weight excluding hydrogens is 136 g/mol. The molecule has 0 heterocycles. The fourth-order valence-corrected chi connectivity index (χ4v) is 0. The summed E-state index contributed by atoms with van der Waals surface area (Å²) in [5.74, 6) is 0. The molecule has 0 aromatic heterocycles. The van der Waals surface area contributed by atoms with Gasteiger partial charge in [-0.15, -0.1) is 0 Å². The van der Waals surface area contributed by atoms with Crippen LogP contribution in [0.15, 0.2) is 0 Å². The summed E-state index contributed by atoms with van der Waals surface area (Å²) < 4.78 is 0. The third-order valence-corrected chi connectivity index (χ3v) is 0.129. The van der Waals surface area contributed by atoms with Crippen molar-refractivity contribution in [3.8, 4) is 0 Å². The van der Waals surface area contributed by atoms with E-state index in [0.717, 1.165) is 0 Å². The van der Waals surface area contributed by atoms with Crippen molar-refractivity contribution in [1.82, 2.24) is 0 Å². The molecule has 0 saturated carbocycles. The van der Waals surface area contributed by atoms with Gasteiger partial charge in [-0.2, -0.15) is 0 Å². The average molecular weight is 154 g/mol. The molecule has 0 aliphatic heterocycles. The van der Waals surface area contributed by atoms with Crippen LogP contribution >= 0.6 is 0 Å². The number of hydrogen-bond acceptors (Lipinski definition) is 4. The van der Waals surface area contributed by atoms with Crippen molar-refractivity contribution in [2.24, 2.45) is 0 Å². The van der Waals surface area contributed by atoms with E-state index in [1.807, 2.05) is 0 Å². The van der Waals surface area contributed by atoms with Crippen LogP contribution in [0.4, 0.5) is 0 Å². The Morgan fingerprint density at radius 3 is 1.10 bits per heavy atom. The predicted molar refractivity (Wildman–Crippen MR) is 39.8 cm³/mol. The lowest BCUT2D eigenvalue weighted by atomic mass is 10.9. The minimum absolute atomic E-state index is 0.250. The standard InChI is InChI=1S/C2H6O2.2C2H6O/c1-2-4-3;2*1-2-3/h3H,2H2,1H3;2*3H,2H2,1H3. The molecule has 0 saturated heterocycles. The van der Waals surface area contributed by atoms with E-state index in [9.17, 15) is 0 Å². The first-order valence-electron chi connectivity index (χ1n) is 3.23. The van der Waals surface area contributed by atoms with E-state index in [1.165, 1.54) is 0 Å². The van der Waals surface area contributed by atoms with Crippen molar-refractivity contribution in [1.29, 1.82) is 0 Å². The van der Waals surface area contributed by atoms with E-state index < -0.39 is 0 Å². The summed E-state index contributed by atoms with van der Waals surface area (Å²) in [4.78, 5) is 3.54. The van der Waals surface area contributed by atoms with Gasteiger partial charge in [0, 0.05) is 13.2 Å². The summed E-state index contributed by atoms with van der Waals surface area (Å²) in [7, 11) is 0. The molecule has 0 aromatic rings. The number of aliphatic hydroxyl groups excluding tert-OH is 2. The molecule has 0 radical (unpaired) electrons. The van der Waals surface area contributed by atoms with E-state index in [1.54, 1.807) is 20.8 Å². The smallest absolute Gasteiger partial charge is 0.0791 e. The van der Waals surface area contributed by atoms with Crippen molar-refractivity contribution in [3.05, 3.63) is 0 Å². The highest BCUT2D eigenvalue weighted by atomic mass is 17.1. The van der Waals surface area contributed by atoms with Crippen LogP contribution in [0.2, 0.25) is 0 Å². The van der Waals surface area contributed by atoms with Crippen LogP contribution < -0.4 is 0 Å². The number of aliphatic hydroxyl groups is 2. The Hall–Kier alpha value is -0.160. The maximum atomic E-state index is 7.57. The lowest BCUT2D eigenvalue weighted by Crippen LogP contribution is -1.74. The van der Waals surface area contributed by atoms with Crippen molar-refractivity contribution in [2.75, 3.05) is 19.8 Å². The molecule has 0 aliphatic carbocycles. The van der Waals surface area contributed by atoms with Crippen LogP contribution in [0.25, 0.3) is 0 Å². The molecule has 66 valence electrons. The maximum absolute atomic E-state index is 7.57. The molecule has 0 spiro atoms. The van der Waals surface area contributed by atoms with Crippen molar-refractivity contribution >= 4 is 0 Å². The zero-order valence-electron chi connectivity index (χ0n) is 6.87. The minimum atomic E-state index is 0.250. The molecule has 0 atom stereocenters. The Kier molecular flexibility index (Phi) is 60.6. The van der Waals surface area contributed by atoms with Crippen LogP contribution in [0, 0.1) is 0 Å². The summed E-state index contributed by atoms with van der Waals surface area (Å²) in [6.07, 6.45) is 0. The first kappa shape index (κ1) is 16.4. The topological polar surface area (TPSA) is 69.9 Å². The number of rotatable bonds is 1. The van der Waals surface area contributed by atoms with Crippen molar-refractivity contribution < 1.29 is 20.4 Å². The summed E-state index contributed by atoms with van der Waals surface area (Å²) in [6, 6.07) is 0. The third kappa shape index (κ3) is 520. The van der Waals surface area contributed by atoms with E-state index in [0.29, 0.717) is 6.61 Å². The summed E-state index contributed by atoms with van der Waals surface area (Å²) in [5, 5.41) is 22.5. The first-order valence-corrected chi connectivity index (χ1v) is 3.23. The molecule has 3 N–H and O–H groups in total. The van der Waals surface area contributed by atoms with Gasteiger partial charge in [0.25, 0.3) is 0 Å². The molecule has 0 fully saturated rings. The molecular formula is C6H18O4. The Balaban J connectivity index is -0.0000000750. The lowest BCUT2D eigenvalue weighted by molar-refractivity contribution is -0.237. The van der Waals surface area contributed by atoms with Crippen LogP contribution in [0.5, 0.6) is 0 Å². The quantitative estimate of drug-likeness (QED) is 0.380. The molecule has 4 nitrogen and oxygen atoms in total. The second kappa shape index (κ2) is 36.8. The summed E-state index contributed by atoms with van der Waals surface area (Å²) >= 11 is 0. The Bertz CT molecular complexity index is 21.7. The average Bonchev–Trinajstić information content (AvgIpc) is 1.91. The second-order valence-electron chi connectivity index (χ2n) is 1.05.